The first-order chi connectivity index (χ1) is 9.72. The molecule has 3 nitrogen and oxygen atoms in total. The Hall–Kier alpha value is -1.53. The Morgan fingerprint density at radius 1 is 1.24 bits per heavy atom. The summed E-state index contributed by atoms with van der Waals surface area (Å²) < 4.78 is 6.01. The number of hydrogen-bond acceptors (Lipinski definition) is 3. The predicted molar refractivity (Wildman–Crippen MR) is 87.7 cm³/mol. The second-order valence-corrected chi connectivity index (χ2v) is 6.91. The third-order valence-electron chi connectivity index (χ3n) is 3.47. The highest BCUT2D eigenvalue weighted by molar-refractivity contribution is 5.41. The maximum absolute atomic E-state index is 9.38. The zero-order valence-corrected chi connectivity index (χ0v) is 14.2. The van der Waals surface area contributed by atoms with Crippen LogP contribution in [0.25, 0.3) is 0 Å². The SMILES string of the molecule is CCCNC(C)(C#N)COc1cc(C)ccc1C(C)(C)C. The smallest absolute Gasteiger partial charge is 0.138 e. The largest absolute Gasteiger partial charge is 0.490 e. The summed E-state index contributed by atoms with van der Waals surface area (Å²) in [4.78, 5) is 0. The second-order valence-electron chi connectivity index (χ2n) is 6.91. The lowest BCUT2D eigenvalue weighted by atomic mass is 9.86. The lowest BCUT2D eigenvalue weighted by Gasteiger charge is -2.27. The first kappa shape index (κ1) is 17.5. The molecule has 1 unspecified atom stereocenters. The van der Waals surface area contributed by atoms with Gasteiger partial charge in [-0.2, -0.15) is 5.26 Å². The van der Waals surface area contributed by atoms with Gasteiger partial charge >= 0.3 is 0 Å². The molecule has 0 aliphatic rings. The summed E-state index contributed by atoms with van der Waals surface area (Å²) in [7, 11) is 0. The van der Waals surface area contributed by atoms with Crippen molar-refractivity contribution in [3.05, 3.63) is 29.3 Å². The molecule has 0 aliphatic heterocycles. The zero-order chi connectivity index (χ0) is 16.1. The molecule has 0 amide bonds. The van der Waals surface area contributed by atoms with Gasteiger partial charge in [-0.25, -0.2) is 0 Å². The van der Waals surface area contributed by atoms with Gasteiger partial charge in [0, 0.05) is 0 Å². The number of aryl methyl sites for hydroxylation is 1. The van der Waals surface area contributed by atoms with E-state index in [-0.39, 0.29) is 5.41 Å². The molecule has 0 spiro atoms. The van der Waals surface area contributed by atoms with E-state index in [4.69, 9.17) is 4.74 Å². The Kier molecular flexibility index (Phi) is 5.80. The summed E-state index contributed by atoms with van der Waals surface area (Å²) >= 11 is 0. The maximum Gasteiger partial charge on any atom is 0.138 e. The van der Waals surface area contributed by atoms with Gasteiger partial charge < -0.3 is 4.74 Å². The van der Waals surface area contributed by atoms with Crippen molar-refractivity contribution in [1.82, 2.24) is 5.32 Å². The van der Waals surface area contributed by atoms with Crippen LogP contribution in [-0.4, -0.2) is 18.7 Å². The number of hydrogen-bond donors (Lipinski definition) is 1. The average Bonchev–Trinajstić information content (AvgIpc) is 2.41. The molecule has 1 atom stereocenters. The maximum atomic E-state index is 9.38. The summed E-state index contributed by atoms with van der Waals surface area (Å²) in [6, 6.07) is 8.60. The van der Waals surface area contributed by atoms with Crippen molar-refractivity contribution < 1.29 is 4.74 Å². The number of benzene rings is 1. The van der Waals surface area contributed by atoms with Crippen LogP contribution in [0.15, 0.2) is 18.2 Å². The Balaban J connectivity index is 2.93. The van der Waals surface area contributed by atoms with E-state index in [0.717, 1.165) is 24.3 Å². The highest BCUT2D eigenvalue weighted by Crippen LogP contribution is 2.32. The number of nitrogens with one attached hydrogen (secondary N) is 1. The molecule has 0 saturated heterocycles. The molecule has 116 valence electrons. The van der Waals surface area contributed by atoms with E-state index >= 15 is 0 Å². The van der Waals surface area contributed by atoms with Crippen molar-refractivity contribution in [3.63, 3.8) is 0 Å². The van der Waals surface area contributed by atoms with Crippen LogP contribution in [0, 0.1) is 18.3 Å². The van der Waals surface area contributed by atoms with E-state index in [0.29, 0.717) is 6.61 Å². The summed E-state index contributed by atoms with van der Waals surface area (Å²) in [5.41, 5.74) is 1.69. The highest BCUT2D eigenvalue weighted by Gasteiger charge is 2.26. The van der Waals surface area contributed by atoms with Gasteiger partial charge in [0.05, 0.1) is 6.07 Å². The molecule has 1 aromatic rings. The third kappa shape index (κ3) is 5.06. The van der Waals surface area contributed by atoms with Gasteiger partial charge in [-0.1, -0.05) is 39.8 Å². The molecule has 0 fully saturated rings. The summed E-state index contributed by atoms with van der Waals surface area (Å²) in [5, 5.41) is 12.6. The number of rotatable bonds is 6. The quantitative estimate of drug-likeness (QED) is 0.862. The lowest BCUT2D eigenvalue weighted by molar-refractivity contribution is 0.230. The Bertz CT molecular complexity index is 511. The molecular formula is C18H28N2O. The van der Waals surface area contributed by atoms with Crippen LogP contribution in [0.2, 0.25) is 0 Å². The Morgan fingerprint density at radius 3 is 2.43 bits per heavy atom. The van der Waals surface area contributed by atoms with Crippen LogP contribution < -0.4 is 10.1 Å². The van der Waals surface area contributed by atoms with Crippen LogP contribution in [0.4, 0.5) is 0 Å². The van der Waals surface area contributed by atoms with E-state index in [9.17, 15) is 5.26 Å². The van der Waals surface area contributed by atoms with Gasteiger partial charge in [0.2, 0.25) is 0 Å². The molecule has 1 N–H and O–H groups in total. The first-order valence-electron chi connectivity index (χ1n) is 7.62. The van der Waals surface area contributed by atoms with Crippen LogP contribution in [0.1, 0.15) is 52.2 Å². The molecular weight excluding hydrogens is 260 g/mol. The van der Waals surface area contributed by atoms with Gasteiger partial charge in [0.1, 0.15) is 17.9 Å². The molecule has 0 bridgehead atoms. The van der Waals surface area contributed by atoms with Gasteiger partial charge in [0.25, 0.3) is 0 Å². The average molecular weight is 288 g/mol. The predicted octanol–water partition coefficient (Wildman–Crippen LogP) is 3.95. The molecule has 3 heteroatoms. The fraction of sp³-hybridized carbons (Fsp3) is 0.611. The zero-order valence-electron chi connectivity index (χ0n) is 14.2. The van der Waals surface area contributed by atoms with Crippen LogP contribution in [0.3, 0.4) is 0 Å². The topological polar surface area (TPSA) is 45.0 Å². The van der Waals surface area contributed by atoms with Crippen molar-refractivity contribution >= 4 is 0 Å². The van der Waals surface area contributed by atoms with Crippen LogP contribution in [-0.2, 0) is 5.41 Å². The van der Waals surface area contributed by atoms with E-state index in [2.05, 4.69) is 64.2 Å². The standard InChI is InChI=1S/C18H28N2O/c1-7-10-20-18(6,12-19)13-21-16-11-14(2)8-9-15(16)17(3,4)5/h8-9,11,20H,7,10,13H2,1-6H3. The van der Waals surface area contributed by atoms with Gasteiger partial charge in [-0.15, -0.1) is 0 Å². The van der Waals surface area contributed by atoms with Crippen molar-refractivity contribution in [1.29, 1.82) is 5.26 Å². The van der Waals surface area contributed by atoms with Crippen molar-refractivity contribution in [2.24, 2.45) is 0 Å². The van der Waals surface area contributed by atoms with E-state index in [1.807, 2.05) is 6.92 Å². The Labute approximate surface area is 129 Å². The summed E-state index contributed by atoms with van der Waals surface area (Å²) in [6.07, 6.45) is 0.995. The first-order valence-corrected chi connectivity index (χ1v) is 7.62. The summed E-state index contributed by atoms with van der Waals surface area (Å²) in [6.45, 7) is 13.7. The van der Waals surface area contributed by atoms with Crippen LogP contribution in [0.5, 0.6) is 5.75 Å². The fourth-order valence-corrected chi connectivity index (χ4v) is 2.11. The normalized spacial score (nSPS) is 14.3. The van der Waals surface area contributed by atoms with Crippen molar-refractivity contribution in [2.45, 2.75) is 58.9 Å². The second kappa shape index (κ2) is 6.95. The molecule has 1 rings (SSSR count). The molecule has 0 saturated carbocycles. The van der Waals surface area contributed by atoms with Gasteiger partial charge in [-0.05, 0) is 49.4 Å². The fourth-order valence-electron chi connectivity index (χ4n) is 2.11. The number of ether oxygens (including phenoxy) is 1. The van der Waals surface area contributed by atoms with Gasteiger partial charge in [-0.3, -0.25) is 5.32 Å². The monoisotopic (exact) mass is 288 g/mol. The molecule has 0 aliphatic carbocycles. The minimum Gasteiger partial charge on any atom is -0.490 e. The highest BCUT2D eigenvalue weighted by atomic mass is 16.5. The lowest BCUT2D eigenvalue weighted by Crippen LogP contribution is -2.46. The van der Waals surface area contributed by atoms with Gasteiger partial charge in [0.15, 0.2) is 0 Å². The minimum atomic E-state index is -0.658. The summed E-state index contributed by atoms with van der Waals surface area (Å²) in [5.74, 6) is 0.877. The van der Waals surface area contributed by atoms with E-state index in [1.165, 1.54) is 5.56 Å². The molecule has 0 aromatic heterocycles. The van der Waals surface area contributed by atoms with E-state index in [1.54, 1.807) is 0 Å². The van der Waals surface area contributed by atoms with Crippen molar-refractivity contribution in [3.8, 4) is 11.8 Å². The van der Waals surface area contributed by atoms with E-state index < -0.39 is 5.54 Å². The van der Waals surface area contributed by atoms with Crippen molar-refractivity contribution in [2.75, 3.05) is 13.2 Å². The van der Waals surface area contributed by atoms with Crippen LogP contribution >= 0.6 is 0 Å². The third-order valence-corrected chi connectivity index (χ3v) is 3.47. The molecule has 0 heterocycles. The number of nitrogens with zero attached hydrogens (tertiary/aromatic N) is 1. The molecule has 1 aromatic carbocycles. The minimum absolute atomic E-state index is 0.0168. The molecule has 21 heavy (non-hydrogen) atoms. The number of nitriles is 1. The Morgan fingerprint density at radius 2 is 1.90 bits per heavy atom. The molecule has 0 radical (unpaired) electrons.